The summed E-state index contributed by atoms with van der Waals surface area (Å²) in [7, 11) is 0. The first-order chi connectivity index (χ1) is 14.1. The molecule has 0 spiro atoms. The van der Waals surface area contributed by atoms with E-state index in [1.807, 2.05) is 23.1 Å². The molecule has 7 nitrogen and oxygen atoms in total. The van der Waals surface area contributed by atoms with Crippen LogP contribution in [0, 0.1) is 11.8 Å². The molecule has 5 rings (SSSR count). The van der Waals surface area contributed by atoms with E-state index in [9.17, 15) is 9.90 Å². The molecule has 0 unspecified atom stereocenters. The third-order valence-electron chi connectivity index (χ3n) is 5.95. The second kappa shape index (κ2) is 7.31. The van der Waals surface area contributed by atoms with Crippen molar-refractivity contribution in [1.82, 2.24) is 19.5 Å². The number of imidazole rings is 1. The molecule has 0 bridgehead atoms. The molecule has 8 heteroatoms. The average molecular weight is 413 g/mol. The number of benzene rings is 1. The predicted molar refractivity (Wildman–Crippen MR) is 107 cm³/mol. The van der Waals surface area contributed by atoms with Gasteiger partial charge in [0.2, 0.25) is 0 Å². The van der Waals surface area contributed by atoms with Gasteiger partial charge in [0.15, 0.2) is 11.3 Å². The summed E-state index contributed by atoms with van der Waals surface area (Å²) < 4.78 is 7.59. The van der Waals surface area contributed by atoms with Crippen LogP contribution in [-0.2, 0) is 0 Å². The Kier molecular flexibility index (Phi) is 4.64. The van der Waals surface area contributed by atoms with Crippen LogP contribution >= 0.6 is 11.6 Å². The van der Waals surface area contributed by atoms with Crippen molar-refractivity contribution < 1.29 is 14.6 Å². The molecule has 1 aliphatic heterocycles. The number of carbonyl (C=O) groups is 1. The van der Waals surface area contributed by atoms with Crippen molar-refractivity contribution in [3.05, 3.63) is 59.5 Å². The molecule has 1 aromatic carbocycles. The van der Waals surface area contributed by atoms with Gasteiger partial charge in [-0.1, -0.05) is 17.7 Å². The lowest BCUT2D eigenvalue weighted by Crippen LogP contribution is -2.42. The van der Waals surface area contributed by atoms with E-state index in [1.165, 1.54) is 0 Å². The van der Waals surface area contributed by atoms with Crippen molar-refractivity contribution in [3.8, 4) is 5.75 Å². The normalized spacial score (nSPS) is 26.5. The first-order valence-corrected chi connectivity index (χ1v) is 10.1. The number of hydrogen-bond donors (Lipinski definition) is 1. The lowest BCUT2D eigenvalue weighted by Gasteiger charge is -2.35. The molecule has 1 saturated carbocycles. The maximum absolute atomic E-state index is 13.1. The van der Waals surface area contributed by atoms with Crippen molar-refractivity contribution in [2.24, 2.45) is 11.8 Å². The zero-order valence-electron chi connectivity index (χ0n) is 15.7. The van der Waals surface area contributed by atoms with Crippen LogP contribution in [-0.4, -0.2) is 55.8 Å². The lowest BCUT2D eigenvalue weighted by atomic mass is 9.78. The second-order valence-electron chi connectivity index (χ2n) is 7.82. The van der Waals surface area contributed by atoms with Gasteiger partial charge in [-0.2, -0.15) is 5.10 Å². The number of halogens is 1. The van der Waals surface area contributed by atoms with Gasteiger partial charge in [0, 0.05) is 24.3 Å². The van der Waals surface area contributed by atoms with Crippen molar-refractivity contribution in [3.63, 3.8) is 0 Å². The third-order valence-corrected chi connectivity index (χ3v) is 6.19. The van der Waals surface area contributed by atoms with Gasteiger partial charge in [-0.15, -0.1) is 0 Å². The number of ether oxygens (including phenoxy) is 1. The van der Waals surface area contributed by atoms with E-state index in [1.54, 1.807) is 35.1 Å². The minimum Gasteiger partial charge on any atom is -0.488 e. The molecular weight excluding hydrogens is 392 g/mol. The Hall–Kier alpha value is -2.64. The van der Waals surface area contributed by atoms with Crippen LogP contribution in [0.15, 0.2) is 48.8 Å². The van der Waals surface area contributed by atoms with Crippen LogP contribution in [0.1, 0.15) is 23.3 Å². The fourth-order valence-electron chi connectivity index (χ4n) is 4.53. The molecule has 2 aliphatic rings. The topological polar surface area (TPSA) is 80.0 Å². The highest BCUT2D eigenvalue weighted by molar-refractivity contribution is 6.30. The second-order valence-corrected chi connectivity index (χ2v) is 8.26. The summed E-state index contributed by atoms with van der Waals surface area (Å²) in [6.45, 7) is 1.27. The minimum absolute atomic E-state index is 0.0765. The first-order valence-electron chi connectivity index (χ1n) is 9.77. The van der Waals surface area contributed by atoms with E-state index < -0.39 is 6.10 Å². The zero-order valence-corrected chi connectivity index (χ0v) is 16.4. The smallest absolute Gasteiger partial charge is 0.274 e. The van der Waals surface area contributed by atoms with Gasteiger partial charge in [-0.3, -0.25) is 4.79 Å². The number of aliphatic hydroxyl groups is 1. The summed E-state index contributed by atoms with van der Waals surface area (Å²) in [6, 6.07) is 10.8. The Bertz CT molecular complexity index is 1060. The molecule has 29 heavy (non-hydrogen) atoms. The molecular formula is C21H21ClN4O3. The number of rotatable bonds is 3. The van der Waals surface area contributed by atoms with Crippen LogP contribution in [0.2, 0.25) is 5.02 Å². The molecule has 3 heterocycles. The first kappa shape index (κ1) is 18.4. The highest BCUT2D eigenvalue weighted by Crippen LogP contribution is 2.38. The van der Waals surface area contributed by atoms with E-state index >= 15 is 0 Å². The van der Waals surface area contributed by atoms with E-state index in [0.717, 1.165) is 0 Å². The number of aromatic nitrogens is 3. The van der Waals surface area contributed by atoms with Gasteiger partial charge in [0.25, 0.3) is 5.91 Å². The number of likely N-dealkylation sites (tertiary alicyclic amines) is 1. The minimum atomic E-state index is -0.567. The van der Waals surface area contributed by atoms with Gasteiger partial charge < -0.3 is 14.7 Å². The number of aliphatic hydroxyl groups excluding tert-OH is 1. The van der Waals surface area contributed by atoms with E-state index in [4.69, 9.17) is 16.3 Å². The van der Waals surface area contributed by atoms with Crippen LogP contribution in [0.5, 0.6) is 5.75 Å². The van der Waals surface area contributed by atoms with Gasteiger partial charge >= 0.3 is 0 Å². The summed E-state index contributed by atoms with van der Waals surface area (Å²) in [6.07, 6.45) is 3.67. The molecule has 1 N–H and O–H groups in total. The Balaban J connectivity index is 1.30. The third kappa shape index (κ3) is 3.45. The number of nitrogens with zero attached hydrogens (tertiary/aromatic N) is 4. The summed E-state index contributed by atoms with van der Waals surface area (Å²) in [4.78, 5) is 19.2. The zero-order chi connectivity index (χ0) is 20.0. The number of carbonyl (C=O) groups excluding carboxylic acids is 1. The summed E-state index contributed by atoms with van der Waals surface area (Å²) in [5.74, 6) is 1.13. The largest absolute Gasteiger partial charge is 0.488 e. The fourth-order valence-corrected chi connectivity index (χ4v) is 4.72. The molecule has 150 valence electrons. The van der Waals surface area contributed by atoms with Gasteiger partial charge in [0.05, 0.1) is 12.3 Å². The highest BCUT2D eigenvalue weighted by Gasteiger charge is 2.44. The van der Waals surface area contributed by atoms with Crippen molar-refractivity contribution in [2.45, 2.75) is 25.0 Å². The average Bonchev–Trinajstić information content (AvgIpc) is 3.32. The Morgan fingerprint density at radius 1 is 1.17 bits per heavy atom. The van der Waals surface area contributed by atoms with Crippen LogP contribution in [0.25, 0.3) is 5.65 Å². The molecule has 1 saturated heterocycles. The monoisotopic (exact) mass is 412 g/mol. The van der Waals surface area contributed by atoms with Crippen molar-refractivity contribution in [2.75, 3.05) is 13.1 Å². The van der Waals surface area contributed by atoms with Gasteiger partial charge in [-0.05, 0) is 55.0 Å². The number of amides is 1. The Morgan fingerprint density at radius 3 is 2.83 bits per heavy atom. The SMILES string of the molecule is O=C(c1cnc2cccnn12)N1C[C@H]2C[C@@H](Oc3cccc(Cl)c3)[C@H](O)C[C@H]2C1. The van der Waals surface area contributed by atoms with Crippen molar-refractivity contribution in [1.29, 1.82) is 0 Å². The number of hydrogen-bond acceptors (Lipinski definition) is 5. The standard InChI is InChI=1S/C21H21ClN4O3/c22-15-3-1-4-16(9-15)29-19-8-14-12-25(11-13(14)7-18(19)27)21(28)17-10-23-20-5-2-6-24-26(17)20/h1-6,9-10,13-14,18-19,27H,7-8,11-12H2/t13-,14+,18+,19+/m0/s1. The van der Waals surface area contributed by atoms with E-state index in [-0.39, 0.29) is 17.9 Å². The molecule has 0 radical (unpaired) electrons. The molecule has 4 atom stereocenters. The van der Waals surface area contributed by atoms with Gasteiger partial charge in [0.1, 0.15) is 11.9 Å². The Morgan fingerprint density at radius 2 is 2.00 bits per heavy atom. The van der Waals surface area contributed by atoms with Gasteiger partial charge in [-0.25, -0.2) is 9.50 Å². The predicted octanol–water partition coefficient (Wildman–Crippen LogP) is 2.67. The van der Waals surface area contributed by atoms with E-state index in [0.29, 0.717) is 54.0 Å². The van der Waals surface area contributed by atoms with E-state index in [2.05, 4.69) is 10.1 Å². The Labute approximate surface area is 172 Å². The summed E-state index contributed by atoms with van der Waals surface area (Å²) >= 11 is 6.03. The summed E-state index contributed by atoms with van der Waals surface area (Å²) in [5.41, 5.74) is 1.12. The molecule has 1 aliphatic carbocycles. The number of fused-ring (bicyclic) bond motifs is 2. The highest BCUT2D eigenvalue weighted by atomic mass is 35.5. The van der Waals surface area contributed by atoms with Crippen LogP contribution < -0.4 is 4.74 Å². The molecule has 1 amide bonds. The van der Waals surface area contributed by atoms with Crippen LogP contribution in [0.4, 0.5) is 0 Å². The molecule has 2 aromatic heterocycles. The quantitative estimate of drug-likeness (QED) is 0.715. The molecule has 3 aromatic rings. The fraction of sp³-hybridized carbons (Fsp3) is 0.381. The molecule has 2 fully saturated rings. The van der Waals surface area contributed by atoms with Crippen molar-refractivity contribution >= 4 is 23.2 Å². The summed E-state index contributed by atoms with van der Waals surface area (Å²) in [5, 5.41) is 15.5. The maximum atomic E-state index is 13.1. The lowest BCUT2D eigenvalue weighted by molar-refractivity contribution is -0.0231. The maximum Gasteiger partial charge on any atom is 0.274 e. The van der Waals surface area contributed by atoms with Crippen LogP contribution in [0.3, 0.4) is 0 Å².